The number of carbonyl (C=O) groups excluding carboxylic acids is 3. The number of piperazine rings is 1. The van der Waals surface area contributed by atoms with Crippen molar-refractivity contribution in [3.8, 4) is 0 Å². The predicted octanol–water partition coefficient (Wildman–Crippen LogP) is 2.87. The van der Waals surface area contributed by atoms with Crippen molar-refractivity contribution in [3.63, 3.8) is 0 Å². The molecule has 0 spiro atoms. The molecule has 0 saturated carbocycles. The second-order valence-electron chi connectivity index (χ2n) is 7.45. The summed E-state index contributed by atoms with van der Waals surface area (Å²) in [7, 11) is 0. The second-order valence-corrected chi connectivity index (χ2v) is 8.23. The van der Waals surface area contributed by atoms with Crippen LogP contribution in [-0.4, -0.2) is 58.7 Å². The summed E-state index contributed by atoms with van der Waals surface area (Å²) in [6, 6.07) is 10.5. The number of hydrogen-bond donors (Lipinski definition) is 2. The Morgan fingerprint density at radius 3 is 2.41 bits per heavy atom. The highest BCUT2D eigenvalue weighted by Gasteiger charge is 2.19. The summed E-state index contributed by atoms with van der Waals surface area (Å²) in [5, 5.41) is 13.4. The molecular formula is C22H24N6O3S. The fourth-order valence-corrected chi connectivity index (χ4v) is 4.21. The molecule has 0 bridgehead atoms. The molecule has 10 heteroatoms. The van der Waals surface area contributed by atoms with Crippen LogP contribution in [0.15, 0.2) is 53.4 Å². The van der Waals surface area contributed by atoms with Gasteiger partial charge in [0, 0.05) is 50.5 Å². The fraction of sp³-hybridized carbons (Fsp3) is 0.273. The maximum atomic E-state index is 12.7. The Kier molecular flexibility index (Phi) is 6.50. The van der Waals surface area contributed by atoms with E-state index >= 15 is 0 Å². The minimum atomic E-state index is -0.469. The number of aromatic nitrogens is 2. The van der Waals surface area contributed by atoms with Crippen LogP contribution >= 0.6 is 11.3 Å². The Morgan fingerprint density at radius 2 is 1.75 bits per heavy atom. The number of rotatable bonds is 5. The number of nitrogens with zero attached hydrogens (tertiary/aromatic N) is 4. The van der Waals surface area contributed by atoms with E-state index in [1.807, 2.05) is 46.0 Å². The van der Waals surface area contributed by atoms with Gasteiger partial charge in [-0.25, -0.2) is 4.79 Å². The van der Waals surface area contributed by atoms with Crippen LogP contribution < -0.4 is 15.5 Å². The molecule has 2 N–H and O–H groups in total. The third kappa shape index (κ3) is 5.14. The van der Waals surface area contributed by atoms with Crippen LogP contribution in [0, 0.1) is 0 Å². The number of anilines is 3. The summed E-state index contributed by atoms with van der Waals surface area (Å²) in [6.07, 6.45) is 1.70. The van der Waals surface area contributed by atoms with Crippen LogP contribution in [0.4, 0.5) is 22.0 Å². The third-order valence-corrected chi connectivity index (χ3v) is 5.99. The Morgan fingerprint density at radius 1 is 1.00 bits per heavy atom. The SMILES string of the molecule is CC(=O)N1CCN(c2ccc(NC(=O)n3nccc3NC(=O)Cc3ccsc3)cc2)CC1. The number of hydrogen-bond acceptors (Lipinski definition) is 6. The molecule has 3 amide bonds. The number of carbonyl (C=O) groups is 3. The van der Waals surface area contributed by atoms with Crippen LogP contribution in [0.5, 0.6) is 0 Å². The molecule has 2 aromatic heterocycles. The summed E-state index contributed by atoms with van der Waals surface area (Å²) >= 11 is 1.53. The molecule has 9 nitrogen and oxygen atoms in total. The van der Waals surface area contributed by atoms with Crippen LogP contribution in [0.25, 0.3) is 0 Å². The van der Waals surface area contributed by atoms with Gasteiger partial charge in [-0.15, -0.1) is 0 Å². The minimum absolute atomic E-state index is 0.100. The van der Waals surface area contributed by atoms with Crippen molar-refractivity contribution in [1.82, 2.24) is 14.7 Å². The maximum Gasteiger partial charge on any atom is 0.348 e. The van der Waals surface area contributed by atoms with Crippen LogP contribution in [-0.2, 0) is 16.0 Å². The van der Waals surface area contributed by atoms with E-state index in [4.69, 9.17) is 0 Å². The zero-order valence-electron chi connectivity index (χ0n) is 17.7. The molecule has 1 aromatic carbocycles. The molecule has 3 aromatic rings. The Labute approximate surface area is 189 Å². The number of benzene rings is 1. The molecule has 0 atom stereocenters. The van der Waals surface area contributed by atoms with Gasteiger partial charge in [0.05, 0.1) is 12.6 Å². The molecule has 166 valence electrons. The standard InChI is InChI=1S/C22H24N6O3S/c1-16(29)26-9-11-27(12-10-26)19-4-2-18(3-5-19)24-22(31)28-20(6-8-23-28)25-21(30)14-17-7-13-32-15-17/h2-8,13,15H,9-12,14H2,1H3,(H,24,31)(H,25,30). The largest absolute Gasteiger partial charge is 0.368 e. The third-order valence-electron chi connectivity index (χ3n) is 5.26. The topological polar surface area (TPSA) is 99.6 Å². The van der Waals surface area contributed by atoms with E-state index in [1.54, 1.807) is 13.0 Å². The number of thiophene rings is 1. The lowest BCUT2D eigenvalue weighted by atomic mass is 10.2. The number of amides is 3. The molecule has 1 fully saturated rings. The van der Waals surface area contributed by atoms with E-state index in [0.717, 1.165) is 29.0 Å². The van der Waals surface area contributed by atoms with Gasteiger partial charge in [-0.2, -0.15) is 21.1 Å². The van der Waals surface area contributed by atoms with Gasteiger partial charge >= 0.3 is 6.03 Å². The minimum Gasteiger partial charge on any atom is -0.368 e. The Bertz CT molecular complexity index is 1090. The highest BCUT2D eigenvalue weighted by molar-refractivity contribution is 7.08. The molecule has 1 aliphatic heterocycles. The van der Waals surface area contributed by atoms with E-state index < -0.39 is 6.03 Å². The molecule has 0 aliphatic carbocycles. The second kappa shape index (κ2) is 9.65. The van der Waals surface area contributed by atoms with E-state index in [0.29, 0.717) is 24.6 Å². The van der Waals surface area contributed by atoms with Crippen molar-refractivity contribution in [2.45, 2.75) is 13.3 Å². The monoisotopic (exact) mass is 452 g/mol. The lowest BCUT2D eigenvalue weighted by Gasteiger charge is -2.35. The van der Waals surface area contributed by atoms with Crippen molar-refractivity contribution in [3.05, 3.63) is 58.9 Å². The van der Waals surface area contributed by atoms with Gasteiger partial charge < -0.3 is 20.4 Å². The van der Waals surface area contributed by atoms with E-state index in [-0.39, 0.29) is 18.2 Å². The van der Waals surface area contributed by atoms with Crippen molar-refractivity contribution in [2.75, 3.05) is 41.7 Å². The van der Waals surface area contributed by atoms with Crippen molar-refractivity contribution in [2.24, 2.45) is 0 Å². The van der Waals surface area contributed by atoms with Crippen molar-refractivity contribution in [1.29, 1.82) is 0 Å². The summed E-state index contributed by atoms with van der Waals surface area (Å²) in [5.41, 5.74) is 2.57. The highest BCUT2D eigenvalue weighted by Crippen LogP contribution is 2.20. The average Bonchev–Trinajstić information content (AvgIpc) is 3.46. The molecule has 3 heterocycles. The summed E-state index contributed by atoms with van der Waals surface area (Å²) in [5.74, 6) is 0.193. The first kappa shape index (κ1) is 21.6. The molecule has 1 aliphatic rings. The Balaban J connectivity index is 1.34. The summed E-state index contributed by atoms with van der Waals surface area (Å²) in [6.45, 7) is 4.54. The van der Waals surface area contributed by atoms with Crippen LogP contribution in [0.2, 0.25) is 0 Å². The van der Waals surface area contributed by atoms with E-state index in [9.17, 15) is 14.4 Å². The zero-order chi connectivity index (χ0) is 22.5. The normalized spacial score (nSPS) is 13.7. The molecule has 0 radical (unpaired) electrons. The van der Waals surface area contributed by atoms with Gasteiger partial charge in [0.25, 0.3) is 0 Å². The maximum absolute atomic E-state index is 12.7. The number of nitrogens with one attached hydrogen (secondary N) is 2. The van der Waals surface area contributed by atoms with Crippen LogP contribution in [0.1, 0.15) is 12.5 Å². The first-order chi connectivity index (χ1) is 15.5. The van der Waals surface area contributed by atoms with E-state index in [1.165, 1.54) is 17.5 Å². The molecule has 0 unspecified atom stereocenters. The molecule has 32 heavy (non-hydrogen) atoms. The first-order valence-electron chi connectivity index (χ1n) is 10.3. The fourth-order valence-electron chi connectivity index (χ4n) is 3.54. The quantitative estimate of drug-likeness (QED) is 0.620. The first-order valence-corrected chi connectivity index (χ1v) is 11.2. The molecule has 1 saturated heterocycles. The van der Waals surface area contributed by atoms with Crippen molar-refractivity contribution >= 4 is 46.4 Å². The molecular weight excluding hydrogens is 428 g/mol. The van der Waals surface area contributed by atoms with Gasteiger partial charge in [0.15, 0.2) is 0 Å². The summed E-state index contributed by atoms with van der Waals surface area (Å²) < 4.78 is 1.13. The van der Waals surface area contributed by atoms with Gasteiger partial charge in [-0.3, -0.25) is 9.59 Å². The van der Waals surface area contributed by atoms with Crippen molar-refractivity contribution < 1.29 is 14.4 Å². The Hall–Kier alpha value is -3.66. The van der Waals surface area contributed by atoms with Gasteiger partial charge in [0.1, 0.15) is 5.82 Å². The smallest absolute Gasteiger partial charge is 0.348 e. The van der Waals surface area contributed by atoms with Crippen LogP contribution in [0.3, 0.4) is 0 Å². The lowest BCUT2D eigenvalue weighted by molar-refractivity contribution is -0.129. The lowest BCUT2D eigenvalue weighted by Crippen LogP contribution is -2.48. The predicted molar refractivity (Wildman–Crippen MR) is 124 cm³/mol. The van der Waals surface area contributed by atoms with Gasteiger partial charge in [-0.05, 0) is 46.7 Å². The van der Waals surface area contributed by atoms with Gasteiger partial charge in [-0.1, -0.05) is 0 Å². The van der Waals surface area contributed by atoms with Gasteiger partial charge in [0.2, 0.25) is 11.8 Å². The molecule has 4 rings (SSSR count). The van der Waals surface area contributed by atoms with E-state index in [2.05, 4.69) is 20.6 Å². The summed E-state index contributed by atoms with van der Waals surface area (Å²) in [4.78, 5) is 40.4. The highest BCUT2D eigenvalue weighted by atomic mass is 32.1. The zero-order valence-corrected chi connectivity index (χ0v) is 18.5. The average molecular weight is 453 g/mol.